The Bertz CT molecular complexity index is 3140. The average molecular weight is 724 g/mol. The molecule has 0 N–H and O–H groups in total. The largest absolute Gasteiger partial charge is 0.310 e. The van der Waals surface area contributed by atoms with Gasteiger partial charge in [-0.1, -0.05) is 182 Å². The van der Waals surface area contributed by atoms with E-state index in [4.69, 9.17) is 0 Å². The van der Waals surface area contributed by atoms with Crippen LogP contribution >= 0.6 is 0 Å². The molecule has 0 fully saturated rings. The summed E-state index contributed by atoms with van der Waals surface area (Å²) < 4.78 is 0. The standard InChI is InChI=1S/C56H37N/c1-2-16-38(17-3-1)47-32-33-56(53-31-13-12-28-50(47)53)57(43-22-14-20-39(34-43)54-36-41-18-4-6-24-45(41)48-26-8-10-29-51(48)54)44-23-15-21-40(35-44)55-37-42-19-5-7-25-46(42)49-27-9-11-30-52(49)55/h1-37H. The number of anilines is 3. The van der Waals surface area contributed by atoms with Crippen molar-refractivity contribution < 1.29 is 0 Å². The molecule has 11 aromatic carbocycles. The quantitative estimate of drug-likeness (QED) is 0.154. The first kappa shape index (κ1) is 32.9. The molecule has 0 heterocycles. The lowest BCUT2D eigenvalue weighted by Crippen LogP contribution is -2.11. The molecule has 0 aromatic heterocycles. The zero-order valence-electron chi connectivity index (χ0n) is 31.3. The van der Waals surface area contributed by atoms with Gasteiger partial charge in [-0.15, -0.1) is 0 Å². The normalized spacial score (nSPS) is 11.5. The first-order valence-electron chi connectivity index (χ1n) is 19.7. The molecule has 0 aliphatic carbocycles. The minimum atomic E-state index is 1.10. The summed E-state index contributed by atoms with van der Waals surface area (Å²) in [6.07, 6.45) is 0. The van der Waals surface area contributed by atoms with Crippen LogP contribution in [0.1, 0.15) is 0 Å². The van der Waals surface area contributed by atoms with Crippen LogP contribution in [0.3, 0.4) is 0 Å². The summed E-state index contributed by atoms with van der Waals surface area (Å²) in [5.41, 5.74) is 10.6. The highest BCUT2D eigenvalue weighted by molar-refractivity contribution is 6.15. The van der Waals surface area contributed by atoms with Gasteiger partial charge in [-0.25, -0.2) is 0 Å². The Morgan fingerprint density at radius 1 is 0.228 bits per heavy atom. The van der Waals surface area contributed by atoms with Crippen LogP contribution in [-0.2, 0) is 0 Å². The first-order valence-corrected chi connectivity index (χ1v) is 19.7. The molecule has 1 heteroatoms. The highest BCUT2D eigenvalue weighted by Crippen LogP contribution is 2.45. The third-order valence-electron chi connectivity index (χ3n) is 11.6. The minimum Gasteiger partial charge on any atom is -0.310 e. The summed E-state index contributed by atoms with van der Waals surface area (Å²) >= 11 is 0. The molecule has 0 radical (unpaired) electrons. The lowest BCUT2D eigenvalue weighted by Gasteiger charge is -2.28. The first-order chi connectivity index (χ1) is 28.3. The summed E-state index contributed by atoms with van der Waals surface area (Å²) in [7, 11) is 0. The van der Waals surface area contributed by atoms with Crippen LogP contribution in [0.4, 0.5) is 17.1 Å². The van der Waals surface area contributed by atoms with Crippen LogP contribution in [0.2, 0.25) is 0 Å². The van der Waals surface area contributed by atoms with Gasteiger partial charge in [0.2, 0.25) is 0 Å². The summed E-state index contributed by atoms with van der Waals surface area (Å²) in [5, 5.41) is 12.5. The Labute approximate surface area is 332 Å². The van der Waals surface area contributed by atoms with Crippen molar-refractivity contribution >= 4 is 70.9 Å². The van der Waals surface area contributed by atoms with E-state index >= 15 is 0 Å². The van der Waals surface area contributed by atoms with Crippen LogP contribution < -0.4 is 4.90 Å². The van der Waals surface area contributed by atoms with Gasteiger partial charge in [-0.05, 0) is 124 Å². The average Bonchev–Trinajstić information content (AvgIpc) is 3.29. The van der Waals surface area contributed by atoms with Gasteiger partial charge in [0, 0.05) is 16.8 Å². The van der Waals surface area contributed by atoms with Gasteiger partial charge >= 0.3 is 0 Å². The third kappa shape index (κ3) is 5.63. The molecule has 0 aliphatic heterocycles. The smallest absolute Gasteiger partial charge is 0.0540 e. The van der Waals surface area contributed by atoms with Crippen LogP contribution in [0.25, 0.3) is 87.2 Å². The van der Waals surface area contributed by atoms with Crippen molar-refractivity contribution in [3.8, 4) is 33.4 Å². The van der Waals surface area contributed by atoms with E-state index in [0.29, 0.717) is 0 Å². The maximum absolute atomic E-state index is 2.45. The Balaban J connectivity index is 1.15. The highest BCUT2D eigenvalue weighted by Gasteiger charge is 2.20. The second-order valence-corrected chi connectivity index (χ2v) is 14.9. The highest BCUT2D eigenvalue weighted by atomic mass is 15.1. The summed E-state index contributed by atoms with van der Waals surface area (Å²) in [5.74, 6) is 0. The molecule has 11 rings (SSSR count). The number of hydrogen-bond acceptors (Lipinski definition) is 1. The zero-order valence-corrected chi connectivity index (χ0v) is 31.3. The fraction of sp³-hybridized carbons (Fsp3) is 0. The number of nitrogens with zero attached hydrogens (tertiary/aromatic N) is 1. The lowest BCUT2D eigenvalue weighted by molar-refractivity contribution is 1.30. The lowest BCUT2D eigenvalue weighted by atomic mass is 9.92. The molecule has 0 aliphatic rings. The van der Waals surface area contributed by atoms with Crippen molar-refractivity contribution in [1.29, 1.82) is 0 Å². The Hall–Kier alpha value is -7.48. The van der Waals surface area contributed by atoms with Crippen molar-refractivity contribution in [2.75, 3.05) is 4.90 Å². The molecule has 11 aromatic rings. The fourth-order valence-electron chi connectivity index (χ4n) is 8.99. The fourth-order valence-corrected chi connectivity index (χ4v) is 8.99. The molecule has 0 saturated heterocycles. The van der Waals surface area contributed by atoms with E-state index in [2.05, 4.69) is 229 Å². The molecule has 57 heavy (non-hydrogen) atoms. The SMILES string of the molecule is c1ccc(-c2ccc(N(c3cccc(-c4cc5ccccc5c5ccccc45)c3)c3cccc(-c4cc5ccccc5c5ccccc45)c3)c3ccccc23)cc1. The van der Waals surface area contributed by atoms with Crippen molar-refractivity contribution in [3.05, 3.63) is 224 Å². The molecule has 0 bridgehead atoms. The zero-order chi connectivity index (χ0) is 37.7. The maximum atomic E-state index is 2.45. The molecule has 0 spiro atoms. The number of hydrogen-bond donors (Lipinski definition) is 0. The summed E-state index contributed by atoms with van der Waals surface area (Å²) in [4.78, 5) is 2.45. The van der Waals surface area contributed by atoms with Gasteiger partial charge in [0.1, 0.15) is 0 Å². The van der Waals surface area contributed by atoms with E-state index in [1.54, 1.807) is 0 Å². The van der Waals surface area contributed by atoms with E-state index in [1.807, 2.05) is 0 Å². The molecule has 0 saturated carbocycles. The molecule has 0 amide bonds. The van der Waals surface area contributed by atoms with Crippen molar-refractivity contribution in [2.45, 2.75) is 0 Å². The van der Waals surface area contributed by atoms with Gasteiger partial charge in [0.25, 0.3) is 0 Å². The van der Waals surface area contributed by atoms with E-state index in [1.165, 1.54) is 87.2 Å². The van der Waals surface area contributed by atoms with Crippen LogP contribution in [0.5, 0.6) is 0 Å². The van der Waals surface area contributed by atoms with Gasteiger partial charge in [0.05, 0.1) is 5.69 Å². The van der Waals surface area contributed by atoms with Gasteiger partial charge in [-0.2, -0.15) is 0 Å². The van der Waals surface area contributed by atoms with E-state index in [9.17, 15) is 0 Å². The topological polar surface area (TPSA) is 3.24 Å². The summed E-state index contributed by atoms with van der Waals surface area (Å²) in [6, 6.07) is 82.1. The Morgan fingerprint density at radius 3 is 1.16 bits per heavy atom. The molecule has 266 valence electrons. The Kier molecular flexibility index (Phi) is 7.89. The van der Waals surface area contributed by atoms with Crippen LogP contribution in [-0.4, -0.2) is 0 Å². The van der Waals surface area contributed by atoms with E-state index in [-0.39, 0.29) is 0 Å². The summed E-state index contributed by atoms with van der Waals surface area (Å²) in [6.45, 7) is 0. The molecule has 1 nitrogen and oxygen atoms in total. The molecular weight excluding hydrogens is 687 g/mol. The Morgan fingerprint density at radius 2 is 0.632 bits per heavy atom. The minimum absolute atomic E-state index is 1.10. The van der Waals surface area contributed by atoms with Gasteiger partial charge < -0.3 is 4.90 Å². The molecule has 0 atom stereocenters. The number of fused-ring (bicyclic) bond motifs is 7. The maximum Gasteiger partial charge on any atom is 0.0540 e. The van der Waals surface area contributed by atoms with Crippen LogP contribution in [0, 0.1) is 0 Å². The predicted molar refractivity (Wildman–Crippen MR) is 245 cm³/mol. The van der Waals surface area contributed by atoms with Crippen LogP contribution in [0.15, 0.2) is 224 Å². The van der Waals surface area contributed by atoms with Gasteiger partial charge in [-0.3, -0.25) is 0 Å². The van der Waals surface area contributed by atoms with Gasteiger partial charge in [0.15, 0.2) is 0 Å². The third-order valence-corrected chi connectivity index (χ3v) is 11.6. The second kappa shape index (κ2) is 13.7. The van der Waals surface area contributed by atoms with Crippen molar-refractivity contribution in [2.24, 2.45) is 0 Å². The molecular formula is C56H37N. The second-order valence-electron chi connectivity index (χ2n) is 14.9. The number of rotatable bonds is 6. The van der Waals surface area contributed by atoms with E-state index in [0.717, 1.165) is 17.1 Å². The number of benzene rings is 11. The van der Waals surface area contributed by atoms with Crippen molar-refractivity contribution in [1.82, 2.24) is 0 Å². The van der Waals surface area contributed by atoms with Crippen molar-refractivity contribution in [3.63, 3.8) is 0 Å². The predicted octanol–water partition coefficient (Wildman–Crippen LogP) is 15.9. The molecule has 0 unspecified atom stereocenters. The van der Waals surface area contributed by atoms with E-state index < -0.39 is 0 Å². The monoisotopic (exact) mass is 723 g/mol.